The van der Waals surface area contributed by atoms with Gasteiger partial charge in [-0.3, -0.25) is 4.79 Å². The van der Waals surface area contributed by atoms with E-state index in [0.717, 1.165) is 36.3 Å². The topological polar surface area (TPSA) is 46.4 Å². The van der Waals surface area contributed by atoms with Gasteiger partial charge in [0, 0.05) is 17.6 Å². The third kappa shape index (κ3) is 2.48. The summed E-state index contributed by atoms with van der Waals surface area (Å²) in [6.45, 7) is 3.99. The Labute approximate surface area is 141 Å². The molecular weight excluding hydrogens is 298 g/mol. The van der Waals surface area contributed by atoms with Gasteiger partial charge in [-0.15, -0.1) is 0 Å². The van der Waals surface area contributed by atoms with Crippen molar-refractivity contribution in [3.8, 4) is 0 Å². The van der Waals surface area contributed by atoms with Crippen LogP contribution >= 0.6 is 0 Å². The van der Waals surface area contributed by atoms with Crippen molar-refractivity contribution in [3.63, 3.8) is 0 Å². The lowest BCUT2D eigenvalue weighted by molar-refractivity contribution is 0.0934. The molecule has 2 aromatic heterocycles. The molecular formula is C20H21N3O. The second kappa shape index (κ2) is 5.78. The predicted octanol–water partition coefficient (Wildman–Crippen LogP) is 3.76. The number of benzene rings is 1. The zero-order valence-electron chi connectivity index (χ0n) is 14.0. The van der Waals surface area contributed by atoms with Crippen LogP contribution in [0.5, 0.6) is 0 Å². The largest absolute Gasteiger partial charge is 0.345 e. The maximum absolute atomic E-state index is 12.9. The van der Waals surface area contributed by atoms with E-state index >= 15 is 0 Å². The van der Waals surface area contributed by atoms with Crippen LogP contribution < -0.4 is 5.32 Å². The highest BCUT2D eigenvalue weighted by Gasteiger charge is 2.23. The molecule has 4 heteroatoms. The number of nitrogens with one attached hydrogen (secondary N) is 1. The van der Waals surface area contributed by atoms with E-state index in [4.69, 9.17) is 0 Å². The average Bonchev–Trinajstić information content (AvgIpc) is 2.99. The summed E-state index contributed by atoms with van der Waals surface area (Å²) in [5, 5.41) is 3.22. The fraction of sp³-hybridized carbons (Fsp3) is 0.300. The van der Waals surface area contributed by atoms with E-state index in [1.165, 1.54) is 11.1 Å². The summed E-state index contributed by atoms with van der Waals surface area (Å²) in [7, 11) is 0. The van der Waals surface area contributed by atoms with Crippen LogP contribution in [0.3, 0.4) is 0 Å². The number of aromatic nitrogens is 2. The minimum atomic E-state index is -0.0447. The molecule has 1 amide bonds. The number of nitrogens with zero attached hydrogens (tertiary/aromatic N) is 2. The van der Waals surface area contributed by atoms with Crippen LogP contribution in [0.15, 0.2) is 42.6 Å². The minimum absolute atomic E-state index is 0.0447. The standard InChI is InChI=1S/C20H21N3O/c1-13-12-14(2)23-11-10-17(19(23)21-13)20(24)22-18-9-5-7-15-6-3-4-8-16(15)18/h3-4,6,8,10-12,18H,5,7,9H2,1-2H3,(H,22,24)/t18-/m0/s1. The molecule has 0 spiro atoms. The van der Waals surface area contributed by atoms with Crippen molar-refractivity contribution in [1.29, 1.82) is 0 Å². The first-order valence-electron chi connectivity index (χ1n) is 8.47. The Bertz CT molecular complexity index is 926. The van der Waals surface area contributed by atoms with E-state index in [0.29, 0.717) is 5.56 Å². The predicted molar refractivity (Wildman–Crippen MR) is 94.3 cm³/mol. The molecule has 1 aliphatic carbocycles. The van der Waals surface area contributed by atoms with E-state index in [1.807, 2.05) is 42.6 Å². The number of hydrogen-bond acceptors (Lipinski definition) is 2. The van der Waals surface area contributed by atoms with Crippen molar-refractivity contribution < 1.29 is 4.79 Å². The van der Waals surface area contributed by atoms with Gasteiger partial charge in [-0.2, -0.15) is 0 Å². The molecule has 0 aliphatic heterocycles. The van der Waals surface area contributed by atoms with Gasteiger partial charge in [0.25, 0.3) is 5.91 Å². The molecule has 1 aliphatic rings. The van der Waals surface area contributed by atoms with Crippen LogP contribution in [0.25, 0.3) is 5.65 Å². The molecule has 0 saturated heterocycles. The summed E-state index contributed by atoms with van der Waals surface area (Å²) in [6, 6.07) is 12.4. The Hall–Kier alpha value is -2.62. The van der Waals surface area contributed by atoms with Crippen LogP contribution in [0.2, 0.25) is 0 Å². The highest BCUT2D eigenvalue weighted by Crippen LogP contribution is 2.30. The van der Waals surface area contributed by atoms with Crippen molar-refractivity contribution in [2.24, 2.45) is 0 Å². The quantitative estimate of drug-likeness (QED) is 0.782. The summed E-state index contributed by atoms with van der Waals surface area (Å²) >= 11 is 0. The smallest absolute Gasteiger partial charge is 0.255 e. The summed E-state index contributed by atoms with van der Waals surface area (Å²) in [4.78, 5) is 17.4. The summed E-state index contributed by atoms with van der Waals surface area (Å²) < 4.78 is 1.97. The van der Waals surface area contributed by atoms with E-state index < -0.39 is 0 Å². The van der Waals surface area contributed by atoms with E-state index in [-0.39, 0.29) is 11.9 Å². The number of fused-ring (bicyclic) bond motifs is 2. The van der Waals surface area contributed by atoms with Crippen molar-refractivity contribution >= 4 is 11.6 Å². The number of aryl methyl sites for hydroxylation is 3. The first kappa shape index (κ1) is 14.9. The molecule has 4 rings (SSSR count). The zero-order chi connectivity index (χ0) is 16.7. The SMILES string of the molecule is Cc1cc(C)n2ccc(C(=O)N[C@H]3CCCc4ccccc43)c2n1. The Balaban J connectivity index is 1.66. The van der Waals surface area contributed by atoms with Gasteiger partial charge in [0.1, 0.15) is 5.65 Å². The van der Waals surface area contributed by atoms with Gasteiger partial charge >= 0.3 is 0 Å². The van der Waals surface area contributed by atoms with Gasteiger partial charge in [0.15, 0.2) is 0 Å². The zero-order valence-corrected chi connectivity index (χ0v) is 14.0. The van der Waals surface area contributed by atoms with Gasteiger partial charge in [0.05, 0.1) is 11.6 Å². The van der Waals surface area contributed by atoms with Crippen LogP contribution in [0, 0.1) is 13.8 Å². The van der Waals surface area contributed by atoms with E-state index in [1.54, 1.807) is 0 Å². The number of carbonyl (C=O) groups is 1. The summed E-state index contributed by atoms with van der Waals surface area (Å²) in [5.41, 5.74) is 5.98. The molecule has 24 heavy (non-hydrogen) atoms. The van der Waals surface area contributed by atoms with Gasteiger partial charge in [0.2, 0.25) is 0 Å². The third-order valence-electron chi connectivity index (χ3n) is 4.86. The van der Waals surface area contributed by atoms with Crippen molar-refractivity contribution in [1.82, 2.24) is 14.7 Å². The second-order valence-corrected chi connectivity index (χ2v) is 6.58. The number of amides is 1. The Morgan fingerprint density at radius 1 is 1.25 bits per heavy atom. The first-order chi connectivity index (χ1) is 11.6. The Morgan fingerprint density at radius 3 is 2.96 bits per heavy atom. The van der Waals surface area contributed by atoms with Gasteiger partial charge < -0.3 is 9.72 Å². The monoisotopic (exact) mass is 319 g/mol. The molecule has 3 aromatic rings. The molecule has 0 unspecified atom stereocenters. The third-order valence-corrected chi connectivity index (χ3v) is 4.86. The average molecular weight is 319 g/mol. The summed E-state index contributed by atoms with van der Waals surface area (Å²) in [5.74, 6) is -0.0447. The minimum Gasteiger partial charge on any atom is -0.345 e. The molecule has 0 radical (unpaired) electrons. The number of rotatable bonds is 2. The lowest BCUT2D eigenvalue weighted by Crippen LogP contribution is -2.31. The van der Waals surface area contributed by atoms with Crippen molar-refractivity contribution in [3.05, 3.63) is 70.7 Å². The Kier molecular flexibility index (Phi) is 3.60. The molecule has 4 nitrogen and oxygen atoms in total. The second-order valence-electron chi connectivity index (χ2n) is 6.58. The maximum Gasteiger partial charge on any atom is 0.255 e. The van der Waals surface area contributed by atoms with Crippen LogP contribution in [0.1, 0.15) is 51.8 Å². The van der Waals surface area contributed by atoms with Crippen LogP contribution in [0.4, 0.5) is 0 Å². The fourth-order valence-corrected chi connectivity index (χ4v) is 3.71. The van der Waals surface area contributed by atoms with Gasteiger partial charge in [-0.1, -0.05) is 24.3 Å². The van der Waals surface area contributed by atoms with Gasteiger partial charge in [-0.05, 0) is 56.4 Å². The molecule has 1 N–H and O–H groups in total. The lowest BCUT2D eigenvalue weighted by Gasteiger charge is -2.26. The molecule has 0 saturated carbocycles. The molecule has 0 fully saturated rings. The number of carbonyl (C=O) groups excluding carboxylic acids is 1. The normalized spacial score (nSPS) is 16.8. The number of hydrogen-bond donors (Lipinski definition) is 1. The molecule has 1 atom stereocenters. The van der Waals surface area contributed by atoms with Crippen molar-refractivity contribution in [2.45, 2.75) is 39.2 Å². The molecule has 2 heterocycles. The highest BCUT2D eigenvalue weighted by molar-refractivity contribution is 6.00. The van der Waals surface area contributed by atoms with E-state index in [9.17, 15) is 4.79 Å². The maximum atomic E-state index is 12.9. The van der Waals surface area contributed by atoms with Crippen molar-refractivity contribution in [2.75, 3.05) is 0 Å². The fourth-order valence-electron chi connectivity index (χ4n) is 3.71. The molecule has 0 bridgehead atoms. The highest BCUT2D eigenvalue weighted by atomic mass is 16.1. The molecule has 1 aromatic carbocycles. The van der Waals surface area contributed by atoms with E-state index in [2.05, 4.69) is 28.5 Å². The lowest BCUT2D eigenvalue weighted by atomic mass is 9.87. The first-order valence-corrected chi connectivity index (χ1v) is 8.47. The molecule has 122 valence electrons. The van der Waals surface area contributed by atoms with Crippen LogP contribution in [-0.4, -0.2) is 15.3 Å². The Morgan fingerprint density at radius 2 is 2.08 bits per heavy atom. The summed E-state index contributed by atoms with van der Waals surface area (Å²) in [6.07, 6.45) is 5.10. The van der Waals surface area contributed by atoms with Crippen LogP contribution in [-0.2, 0) is 6.42 Å². The van der Waals surface area contributed by atoms with Gasteiger partial charge in [-0.25, -0.2) is 4.98 Å².